The van der Waals surface area contributed by atoms with Crippen LogP contribution in [0.15, 0.2) is 94.4 Å². The molecule has 0 bridgehead atoms. The molecule has 0 aromatic heterocycles. The highest BCUT2D eigenvalue weighted by Crippen LogP contribution is 2.63. The first-order valence-corrected chi connectivity index (χ1v) is 24.3. The van der Waals surface area contributed by atoms with Gasteiger partial charge in [-0.15, -0.1) is 0 Å². The number of nitriles is 2. The van der Waals surface area contributed by atoms with Crippen LogP contribution in [-0.4, -0.2) is 11.6 Å². The Morgan fingerprint density at radius 3 is 1.16 bits per heavy atom. The van der Waals surface area contributed by atoms with Gasteiger partial charge in [-0.2, -0.15) is 0 Å². The molecule has 0 radical (unpaired) electrons. The molecule has 0 N–H and O–H groups in total. The molecule has 8 aliphatic rings. The van der Waals surface area contributed by atoms with Crippen molar-refractivity contribution in [2.24, 2.45) is 0 Å². The summed E-state index contributed by atoms with van der Waals surface area (Å²) in [5.74, 6) is -5.79. The number of nitrogens with zero attached hydrogens (tertiary/aromatic N) is 4. The molecule has 4 aromatic carbocycles. The Bertz CT molecular complexity index is 3290. The fraction of sp³-hybridized carbons (Fsp3) is 0.300. The molecule has 8 aliphatic carbocycles. The van der Waals surface area contributed by atoms with Gasteiger partial charge >= 0.3 is 0 Å². The van der Waals surface area contributed by atoms with E-state index < -0.39 is 45.7 Å². The van der Waals surface area contributed by atoms with Crippen molar-refractivity contribution in [3.05, 3.63) is 196 Å². The van der Waals surface area contributed by atoms with Crippen molar-refractivity contribution in [2.75, 3.05) is 0 Å². The lowest BCUT2D eigenvalue weighted by Gasteiger charge is -2.38. The first kappa shape index (κ1) is 43.6. The fourth-order valence-electron chi connectivity index (χ4n) is 14.1. The molecule has 12 rings (SSSR count). The Morgan fingerprint density at radius 2 is 0.814 bits per heavy atom. The quantitative estimate of drug-likeness (QED) is 0.0867. The fourth-order valence-corrected chi connectivity index (χ4v) is 14.1. The Morgan fingerprint density at radius 1 is 0.471 bits per heavy atom. The third-order valence-electron chi connectivity index (χ3n) is 17.3. The van der Waals surface area contributed by atoms with Gasteiger partial charge in [0.2, 0.25) is 0 Å². The maximum absolute atomic E-state index is 14.8. The smallest absolute Gasteiger partial charge is 0.270 e. The van der Waals surface area contributed by atoms with Gasteiger partial charge in [0.05, 0.1) is 25.3 Å². The minimum atomic E-state index is -1.18. The summed E-state index contributed by atoms with van der Waals surface area (Å²) in [4.78, 5) is 35.4. The van der Waals surface area contributed by atoms with Crippen molar-refractivity contribution in [1.29, 1.82) is 10.5 Å². The highest BCUT2D eigenvalue weighted by Gasteiger charge is 2.51. The number of Topliss-reactive ketones (excluding diaryl/α,β-unsaturated/α-hetero) is 2. The van der Waals surface area contributed by atoms with E-state index in [0.29, 0.717) is 0 Å². The van der Waals surface area contributed by atoms with E-state index in [9.17, 15) is 37.7 Å². The molecule has 3 saturated carbocycles. The predicted molar refractivity (Wildman–Crippen MR) is 257 cm³/mol. The maximum Gasteiger partial charge on any atom is 0.270 e. The summed E-state index contributed by atoms with van der Waals surface area (Å²) < 4.78 is 58.9. The molecule has 70 heavy (non-hydrogen) atoms. The number of fused-ring (bicyclic) bond motifs is 11. The van der Waals surface area contributed by atoms with E-state index in [1.54, 1.807) is 12.2 Å². The lowest BCUT2D eigenvalue weighted by atomic mass is 9.65. The zero-order valence-electron chi connectivity index (χ0n) is 38.2. The van der Waals surface area contributed by atoms with Crippen LogP contribution in [0, 0.1) is 59.1 Å². The zero-order chi connectivity index (χ0) is 48.4. The average Bonchev–Trinajstić information content (AvgIpc) is 4.06. The standard InChI is InChI=1S/C60H42F4N4O2/c1-67-52(30-65)54-38-26-48(61)50(63)28-40(38)56(69)42(54)22-34-18-32-20-46-36(24-44(32)58(34)12-6-3-7-13-58)37-25-45-33(21-47(37)60(46)16-10-5-11-17-60)19-35(59(45)14-8-4-9-15-59)23-43-55(53(31-66)68-2)39-27-49(62)51(64)29-41(39)57(43)70/h18-29H,3-17H2/b42-22-,43-23-,54-52+,55-53?. The zero-order valence-corrected chi connectivity index (χ0v) is 38.2. The first-order valence-electron chi connectivity index (χ1n) is 24.3. The Hall–Kier alpha value is -7.66. The minimum Gasteiger partial charge on any atom is -0.289 e. The lowest BCUT2D eigenvalue weighted by molar-refractivity contribution is 0.103. The van der Waals surface area contributed by atoms with Gasteiger partial charge in [-0.25, -0.2) is 37.8 Å². The second kappa shape index (κ2) is 15.7. The first-order chi connectivity index (χ1) is 33.9. The Balaban J connectivity index is 1.03. The monoisotopic (exact) mass is 926 g/mol. The molecule has 3 fully saturated rings. The second-order valence-electron chi connectivity index (χ2n) is 20.4. The molecule has 0 unspecified atom stereocenters. The van der Waals surface area contributed by atoms with Gasteiger partial charge in [0.25, 0.3) is 11.4 Å². The molecule has 0 heterocycles. The molecule has 10 heteroatoms. The number of rotatable bonds is 2. The van der Waals surface area contributed by atoms with Crippen LogP contribution in [0.4, 0.5) is 17.6 Å². The van der Waals surface area contributed by atoms with E-state index in [-0.39, 0.29) is 61.4 Å². The molecule has 0 amide bonds. The van der Waals surface area contributed by atoms with Crippen LogP contribution in [0.3, 0.4) is 0 Å². The van der Waals surface area contributed by atoms with Gasteiger partial charge in [0.1, 0.15) is 0 Å². The Labute approximate surface area is 403 Å². The normalized spacial score (nSPS) is 22.9. The molecule has 6 nitrogen and oxygen atoms in total. The summed E-state index contributed by atoms with van der Waals surface area (Å²) >= 11 is 0. The molecule has 0 aliphatic heterocycles. The maximum atomic E-state index is 14.8. The van der Waals surface area contributed by atoms with Crippen LogP contribution in [0.5, 0.6) is 0 Å². The lowest BCUT2D eigenvalue weighted by Crippen LogP contribution is -2.30. The van der Waals surface area contributed by atoms with E-state index in [4.69, 9.17) is 13.1 Å². The van der Waals surface area contributed by atoms with E-state index in [2.05, 4.69) is 46.1 Å². The average molecular weight is 927 g/mol. The predicted octanol–water partition coefficient (Wildman–Crippen LogP) is 14.6. The van der Waals surface area contributed by atoms with E-state index in [0.717, 1.165) is 154 Å². The van der Waals surface area contributed by atoms with Gasteiger partial charge in [-0.05, 0) is 166 Å². The van der Waals surface area contributed by atoms with Crippen molar-refractivity contribution < 1.29 is 27.2 Å². The summed E-state index contributed by atoms with van der Waals surface area (Å²) in [6.07, 6.45) is 22.1. The number of hydrogen-bond acceptors (Lipinski definition) is 4. The third-order valence-corrected chi connectivity index (χ3v) is 17.3. The van der Waals surface area contributed by atoms with Gasteiger partial charge in [-0.1, -0.05) is 69.9 Å². The summed E-state index contributed by atoms with van der Waals surface area (Å²) in [5, 5.41) is 20.2. The summed E-state index contributed by atoms with van der Waals surface area (Å²) in [6, 6.07) is 16.9. The summed E-state index contributed by atoms with van der Waals surface area (Å²) in [6.45, 7) is 15.7. The van der Waals surface area contributed by atoms with Crippen LogP contribution in [0.2, 0.25) is 0 Å². The van der Waals surface area contributed by atoms with Crippen molar-refractivity contribution >= 4 is 34.9 Å². The molecule has 4 aromatic rings. The van der Waals surface area contributed by atoms with Gasteiger partial charge in [0, 0.05) is 49.7 Å². The molecular weight excluding hydrogens is 885 g/mol. The number of benzene rings is 4. The SMILES string of the molecule is [C-]#[N+]C(C#N)=C1/C(=C/C2=Cc3cc4c(cc3C23CCCCC3)-c2cc3c(cc2C42CCCCC2)C=C(/C=C2\C(=O)c4cc(F)c(F)cc4\C2=C(\C#N)[N+]#[C-])C32CCCCC2)C(=O)c2cc(F)c(F)cc21. The number of halogens is 4. The van der Waals surface area contributed by atoms with E-state index >= 15 is 0 Å². The highest BCUT2D eigenvalue weighted by molar-refractivity contribution is 6.29. The van der Waals surface area contributed by atoms with E-state index in [1.165, 1.54) is 22.3 Å². The van der Waals surface area contributed by atoms with Crippen LogP contribution in [0.25, 0.3) is 44.1 Å². The van der Waals surface area contributed by atoms with Gasteiger partial charge in [-0.3, -0.25) is 9.59 Å². The molecule has 3 spiro atoms. The summed E-state index contributed by atoms with van der Waals surface area (Å²) in [7, 11) is 0. The molecular formula is C60H42F4N4O2. The summed E-state index contributed by atoms with van der Waals surface area (Å²) in [5.41, 5.74) is 9.27. The topological polar surface area (TPSA) is 90.4 Å². The van der Waals surface area contributed by atoms with E-state index in [1.807, 2.05) is 12.1 Å². The van der Waals surface area contributed by atoms with Crippen molar-refractivity contribution in [3.63, 3.8) is 0 Å². The molecule has 0 atom stereocenters. The molecule has 0 saturated heterocycles. The van der Waals surface area contributed by atoms with Crippen molar-refractivity contribution in [2.45, 2.75) is 113 Å². The second-order valence-corrected chi connectivity index (χ2v) is 20.4. The van der Waals surface area contributed by atoms with Gasteiger partial charge < -0.3 is 0 Å². The van der Waals surface area contributed by atoms with Gasteiger partial charge in [0.15, 0.2) is 34.8 Å². The van der Waals surface area contributed by atoms with Crippen LogP contribution < -0.4 is 0 Å². The van der Waals surface area contributed by atoms with Crippen LogP contribution >= 0.6 is 0 Å². The van der Waals surface area contributed by atoms with Crippen LogP contribution in [0.1, 0.15) is 162 Å². The minimum absolute atomic E-state index is 0.0275. The number of carbonyl (C=O) groups excluding carboxylic acids is 2. The number of hydrogen-bond donors (Lipinski definition) is 0. The van der Waals surface area contributed by atoms with Crippen LogP contribution in [-0.2, 0) is 16.2 Å². The number of ketones is 2. The van der Waals surface area contributed by atoms with Crippen molar-refractivity contribution in [1.82, 2.24) is 0 Å². The molecule has 342 valence electrons. The Kier molecular flexibility index (Phi) is 9.77. The highest BCUT2D eigenvalue weighted by atomic mass is 19.2. The number of carbonyl (C=O) groups is 2. The van der Waals surface area contributed by atoms with Crippen molar-refractivity contribution in [3.8, 4) is 23.3 Å². The number of allylic oxidation sites excluding steroid dienone is 10. The third kappa shape index (κ3) is 5.86. The largest absolute Gasteiger partial charge is 0.289 e.